The summed E-state index contributed by atoms with van der Waals surface area (Å²) >= 11 is 0. The summed E-state index contributed by atoms with van der Waals surface area (Å²) in [5.74, 6) is 0. The molecule has 0 saturated carbocycles. The van der Waals surface area contributed by atoms with Crippen molar-refractivity contribution in [3.05, 3.63) is 89.9 Å². The second-order valence-electron chi connectivity index (χ2n) is 6.29. The Balaban J connectivity index is 1.73. The third kappa shape index (κ3) is 2.66. The van der Waals surface area contributed by atoms with Gasteiger partial charge in [-0.1, -0.05) is 12.1 Å². The summed E-state index contributed by atoms with van der Waals surface area (Å²) in [6, 6.07) is 17.9. The number of nitrogens with zero attached hydrogens (tertiary/aromatic N) is 3. The Morgan fingerprint density at radius 1 is 0.667 bits per heavy atom. The minimum Gasteiger partial charge on any atom is -0.313 e. The van der Waals surface area contributed by atoms with Crippen molar-refractivity contribution in [3.63, 3.8) is 0 Å². The number of benzene rings is 2. The number of fused-ring (bicyclic) bond motifs is 2. The van der Waals surface area contributed by atoms with E-state index in [2.05, 4.69) is 26.0 Å². The van der Waals surface area contributed by atoms with Gasteiger partial charge in [0.25, 0.3) is 5.56 Å². The van der Waals surface area contributed by atoms with Gasteiger partial charge >= 0.3 is 0 Å². The van der Waals surface area contributed by atoms with Crippen molar-refractivity contribution in [2.45, 2.75) is 0 Å². The van der Waals surface area contributed by atoms with Crippen LogP contribution in [-0.4, -0.2) is 19.9 Å². The van der Waals surface area contributed by atoms with E-state index in [0.29, 0.717) is 10.9 Å². The maximum atomic E-state index is 12.1. The highest BCUT2D eigenvalue weighted by atomic mass is 16.1. The van der Waals surface area contributed by atoms with E-state index in [1.54, 1.807) is 12.4 Å². The van der Waals surface area contributed by atoms with Crippen LogP contribution in [0.5, 0.6) is 0 Å². The first-order valence-electron chi connectivity index (χ1n) is 8.56. The second kappa shape index (κ2) is 6.14. The van der Waals surface area contributed by atoms with E-state index in [0.717, 1.165) is 33.2 Å². The largest absolute Gasteiger partial charge is 0.313 e. The Hall–Kier alpha value is -3.86. The van der Waals surface area contributed by atoms with Crippen molar-refractivity contribution in [1.29, 1.82) is 0 Å². The molecule has 0 unspecified atom stereocenters. The molecule has 0 amide bonds. The summed E-state index contributed by atoms with van der Waals surface area (Å²) in [6.45, 7) is 0. The number of nitrogens with one attached hydrogen (secondary N) is 1. The molecule has 1 N–H and O–H groups in total. The lowest BCUT2D eigenvalue weighted by Crippen LogP contribution is -2.05. The zero-order chi connectivity index (χ0) is 18.2. The first-order valence-corrected chi connectivity index (χ1v) is 8.56. The summed E-state index contributed by atoms with van der Waals surface area (Å²) in [6.07, 6.45) is 6.81. The molecule has 0 atom stereocenters. The molecule has 3 aromatic heterocycles. The third-order valence-electron chi connectivity index (χ3n) is 4.71. The molecule has 0 fully saturated rings. The number of hydrogen-bond acceptors (Lipinski definition) is 4. The van der Waals surface area contributed by atoms with Gasteiger partial charge in [0.2, 0.25) is 0 Å². The fourth-order valence-corrected chi connectivity index (χ4v) is 3.36. The number of pyridine rings is 2. The predicted molar refractivity (Wildman–Crippen MR) is 106 cm³/mol. The number of rotatable bonds is 2. The normalized spacial score (nSPS) is 11.1. The van der Waals surface area contributed by atoms with E-state index in [-0.39, 0.29) is 5.56 Å². The Bertz CT molecular complexity index is 1340. The highest BCUT2D eigenvalue weighted by molar-refractivity contribution is 5.97. The molecule has 5 heteroatoms. The first-order chi connectivity index (χ1) is 13.3. The topological polar surface area (TPSA) is 71.5 Å². The van der Waals surface area contributed by atoms with Crippen LogP contribution in [0, 0.1) is 0 Å². The summed E-state index contributed by atoms with van der Waals surface area (Å²) in [5.41, 5.74) is 5.65. The Labute approximate surface area is 154 Å². The van der Waals surface area contributed by atoms with E-state index >= 15 is 0 Å². The minimum absolute atomic E-state index is 0.137. The Morgan fingerprint density at radius 2 is 1.37 bits per heavy atom. The summed E-state index contributed by atoms with van der Waals surface area (Å²) < 4.78 is 0. The van der Waals surface area contributed by atoms with Crippen molar-refractivity contribution in [2.24, 2.45) is 0 Å². The van der Waals surface area contributed by atoms with Crippen LogP contribution in [0.25, 0.3) is 44.1 Å². The van der Waals surface area contributed by atoms with Gasteiger partial charge in [0.05, 0.1) is 22.7 Å². The van der Waals surface area contributed by atoms with Gasteiger partial charge in [0, 0.05) is 24.0 Å². The average molecular weight is 350 g/mol. The Morgan fingerprint density at radius 3 is 2.15 bits per heavy atom. The van der Waals surface area contributed by atoms with Gasteiger partial charge in [-0.15, -0.1) is 0 Å². The van der Waals surface area contributed by atoms with Crippen LogP contribution < -0.4 is 5.56 Å². The molecule has 0 spiro atoms. The quantitative estimate of drug-likeness (QED) is 0.518. The van der Waals surface area contributed by atoms with Gasteiger partial charge in [-0.05, 0) is 64.7 Å². The number of hydrogen-bond donors (Lipinski definition) is 1. The van der Waals surface area contributed by atoms with Gasteiger partial charge in [0.1, 0.15) is 0 Å². The van der Waals surface area contributed by atoms with Gasteiger partial charge in [0.15, 0.2) is 0 Å². The molecule has 5 nitrogen and oxygen atoms in total. The summed E-state index contributed by atoms with van der Waals surface area (Å²) in [7, 11) is 0. The van der Waals surface area contributed by atoms with Crippen LogP contribution in [0.15, 0.2) is 84.3 Å². The molecule has 128 valence electrons. The van der Waals surface area contributed by atoms with E-state index in [1.807, 2.05) is 54.7 Å². The maximum absolute atomic E-state index is 12.1. The van der Waals surface area contributed by atoms with Crippen molar-refractivity contribution in [3.8, 4) is 22.3 Å². The highest BCUT2D eigenvalue weighted by Crippen LogP contribution is 2.31. The fraction of sp³-hybridized carbons (Fsp3) is 0. The van der Waals surface area contributed by atoms with Crippen molar-refractivity contribution in [2.75, 3.05) is 0 Å². The summed E-state index contributed by atoms with van der Waals surface area (Å²) in [4.78, 5) is 27.5. The monoisotopic (exact) mass is 350 g/mol. The van der Waals surface area contributed by atoms with Crippen molar-refractivity contribution < 1.29 is 0 Å². The van der Waals surface area contributed by atoms with E-state index in [1.165, 1.54) is 6.33 Å². The molecule has 5 aromatic rings. The van der Waals surface area contributed by atoms with Gasteiger partial charge in [-0.2, -0.15) is 0 Å². The average Bonchev–Trinajstić information content (AvgIpc) is 2.74. The Kier molecular flexibility index (Phi) is 3.50. The smallest absolute Gasteiger partial charge is 0.258 e. The van der Waals surface area contributed by atoms with Gasteiger partial charge in [-0.25, -0.2) is 4.98 Å². The molecule has 27 heavy (non-hydrogen) atoms. The lowest BCUT2D eigenvalue weighted by molar-refractivity contribution is 1.17. The van der Waals surface area contributed by atoms with Crippen LogP contribution in [-0.2, 0) is 0 Å². The molecule has 0 aliphatic heterocycles. The molecule has 0 radical (unpaired) electrons. The van der Waals surface area contributed by atoms with Crippen LogP contribution >= 0.6 is 0 Å². The maximum Gasteiger partial charge on any atom is 0.258 e. The molecule has 3 heterocycles. The van der Waals surface area contributed by atoms with Gasteiger partial charge < -0.3 is 4.98 Å². The third-order valence-corrected chi connectivity index (χ3v) is 4.71. The molecule has 0 aliphatic carbocycles. The zero-order valence-corrected chi connectivity index (χ0v) is 14.3. The van der Waals surface area contributed by atoms with Crippen LogP contribution in [0.4, 0.5) is 0 Å². The van der Waals surface area contributed by atoms with Crippen molar-refractivity contribution >= 4 is 21.8 Å². The number of aromatic amines is 1. The molecular formula is C22H14N4O. The standard InChI is InChI=1S/C22H14N4O/c27-22-19-12-16(2-4-21(19)25-13-26-22)15-1-3-20-18(11-15)17(7-10-24-20)14-5-8-23-9-6-14/h1-13H,(H,25,26,27). The highest BCUT2D eigenvalue weighted by Gasteiger charge is 2.08. The van der Waals surface area contributed by atoms with Crippen LogP contribution in [0.3, 0.4) is 0 Å². The van der Waals surface area contributed by atoms with E-state index in [4.69, 9.17) is 0 Å². The number of H-pyrrole nitrogens is 1. The van der Waals surface area contributed by atoms with Gasteiger partial charge in [-0.3, -0.25) is 14.8 Å². The molecule has 2 aromatic carbocycles. The summed E-state index contributed by atoms with van der Waals surface area (Å²) in [5, 5.41) is 1.64. The van der Waals surface area contributed by atoms with Crippen LogP contribution in [0.2, 0.25) is 0 Å². The van der Waals surface area contributed by atoms with E-state index < -0.39 is 0 Å². The molecule has 0 aliphatic rings. The molecule has 0 bridgehead atoms. The molecular weight excluding hydrogens is 336 g/mol. The fourth-order valence-electron chi connectivity index (χ4n) is 3.36. The van der Waals surface area contributed by atoms with Crippen LogP contribution in [0.1, 0.15) is 0 Å². The lowest BCUT2D eigenvalue weighted by atomic mass is 9.97. The minimum atomic E-state index is -0.137. The lowest BCUT2D eigenvalue weighted by Gasteiger charge is -2.09. The predicted octanol–water partition coefficient (Wildman–Crippen LogP) is 4.20. The zero-order valence-electron chi connectivity index (χ0n) is 14.3. The SMILES string of the molecule is O=c1[nH]cnc2ccc(-c3ccc4nccc(-c5ccncc5)c4c3)cc12. The molecule has 0 saturated heterocycles. The second-order valence-corrected chi connectivity index (χ2v) is 6.29. The molecule has 5 rings (SSSR count). The van der Waals surface area contributed by atoms with E-state index in [9.17, 15) is 4.79 Å². The first kappa shape index (κ1) is 15.4. The number of aromatic nitrogens is 4. The van der Waals surface area contributed by atoms with Crippen molar-refractivity contribution in [1.82, 2.24) is 19.9 Å².